The first-order valence-corrected chi connectivity index (χ1v) is 9.13. The molecule has 1 aliphatic heterocycles. The van der Waals surface area contributed by atoms with Gasteiger partial charge >= 0.3 is 0 Å². The van der Waals surface area contributed by atoms with Crippen molar-refractivity contribution >= 4 is 23.4 Å². The van der Waals surface area contributed by atoms with Gasteiger partial charge in [-0.25, -0.2) is 8.78 Å². The number of anilines is 1. The van der Waals surface area contributed by atoms with Crippen LogP contribution < -0.4 is 4.90 Å². The molecule has 1 heterocycles. The zero-order chi connectivity index (χ0) is 17.8. The molecule has 1 fully saturated rings. The molecule has 0 N–H and O–H groups in total. The van der Waals surface area contributed by atoms with Gasteiger partial charge in [0.1, 0.15) is 0 Å². The first-order chi connectivity index (χ1) is 12.0. The lowest BCUT2D eigenvalue weighted by Gasteiger charge is -2.37. The van der Waals surface area contributed by atoms with Crippen LogP contribution in [0.25, 0.3) is 0 Å². The third-order valence-corrected chi connectivity index (χ3v) is 5.35. The van der Waals surface area contributed by atoms with Gasteiger partial charge in [-0.05, 0) is 37.3 Å². The van der Waals surface area contributed by atoms with E-state index >= 15 is 0 Å². The fourth-order valence-electron chi connectivity index (χ4n) is 2.89. The van der Waals surface area contributed by atoms with Crippen molar-refractivity contribution in [2.24, 2.45) is 0 Å². The summed E-state index contributed by atoms with van der Waals surface area (Å²) in [6.07, 6.45) is 0. The molecule has 132 valence electrons. The van der Waals surface area contributed by atoms with Gasteiger partial charge in [-0.3, -0.25) is 4.79 Å². The molecule has 6 heteroatoms. The van der Waals surface area contributed by atoms with Gasteiger partial charge in [0.2, 0.25) is 5.91 Å². The van der Waals surface area contributed by atoms with E-state index in [-0.39, 0.29) is 11.2 Å². The lowest BCUT2D eigenvalue weighted by Crippen LogP contribution is -2.50. The van der Waals surface area contributed by atoms with Gasteiger partial charge in [0.15, 0.2) is 11.6 Å². The lowest BCUT2D eigenvalue weighted by atomic mass is 10.2. The quantitative estimate of drug-likeness (QED) is 0.773. The third-order valence-electron chi connectivity index (χ3n) is 4.26. The number of piperazine rings is 1. The number of nitrogens with zero attached hydrogens (tertiary/aromatic N) is 2. The van der Waals surface area contributed by atoms with Crippen LogP contribution in [-0.4, -0.2) is 42.2 Å². The third kappa shape index (κ3) is 4.31. The second kappa shape index (κ2) is 7.87. The van der Waals surface area contributed by atoms with Crippen molar-refractivity contribution in [2.75, 3.05) is 31.1 Å². The van der Waals surface area contributed by atoms with Crippen LogP contribution in [0.2, 0.25) is 0 Å². The van der Waals surface area contributed by atoms with E-state index in [2.05, 4.69) is 17.0 Å². The van der Waals surface area contributed by atoms with Crippen LogP contribution in [0.15, 0.2) is 53.4 Å². The molecular weight excluding hydrogens is 342 g/mol. The summed E-state index contributed by atoms with van der Waals surface area (Å²) in [7, 11) is 0. The molecule has 1 amide bonds. The monoisotopic (exact) mass is 362 g/mol. The van der Waals surface area contributed by atoms with Crippen LogP contribution >= 0.6 is 11.8 Å². The summed E-state index contributed by atoms with van der Waals surface area (Å²) in [6.45, 7) is 4.71. The summed E-state index contributed by atoms with van der Waals surface area (Å²) < 4.78 is 26.3. The highest BCUT2D eigenvalue weighted by atomic mass is 32.2. The molecule has 0 spiro atoms. The van der Waals surface area contributed by atoms with E-state index in [1.807, 2.05) is 23.1 Å². The molecule has 1 unspecified atom stereocenters. The summed E-state index contributed by atoms with van der Waals surface area (Å²) in [5, 5.41) is -0.340. The molecule has 0 saturated carbocycles. The number of carbonyl (C=O) groups is 1. The number of rotatable bonds is 4. The highest BCUT2D eigenvalue weighted by Crippen LogP contribution is 2.26. The fraction of sp³-hybridized carbons (Fsp3) is 0.316. The molecule has 2 aromatic carbocycles. The Morgan fingerprint density at radius 2 is 1.68 bits per heavy atom. The Kier molecular flexibility index (Phi) is 5.58. The lowest BCUT2D eigenvalue weighted by molar-refractivity contribution is -0.130. The van der Waals surface area contributed by atoms with E-state index in [9.17, 15) is 13.6 Å². The minimum absolute atomic E-state index is 0.0300. The predicted octanol–water partition coefficient (Wildman–Crippen LogP) is 3.79. The summed E-state index contributed by atoms with van der Waals surface area (Å²) in [4.78, 5) is 17.3. The molecule has 0 bridgehead atoms. The van der Waals surface area contributed by atoms with Crippen molar-refractivity contribution in [3.8, 4) is 0 Å². The standard InChI is InChI=1S/C19H20F2N2OS/c1-14(25-16-7-8-17(20)18(21)13-16)19(24)23-11-9-22(10-12-23)15-5-3-2-4-6-15/h2-8,13-14H,9-12H2,1H3. The SMILES string of the molecule is CC(Sc1ccc(F)c(F)c1)C(=O)N1CCN(c2ccccc2)CC1. The molecule has 0 aliphatic carbocycles. The van der Waals surface area contributed by atoms with Crippen LogP contribution in [0.1, 0.15) is 6.92 Å². The van der Waals surface area contributed by atoms with Gasteiger partial charge in [-0.15, -0.1) is 11.8 Å². The van der Waals surface area contributed by atoms with Crippen LogP contribution in [0.4, 0.5) is 14.5 Å². The Balaban J connectivity index is 1.55. The van der Waals surface area contributed by atoms with Crippen molar-refractivity contribution in [2.45, 2.75) is 17.1 Å². The Morgan fingerprint density at radius 3 is 2.32 bits per heavy atom. The second-order valence-corrected chi connectivity index (χ2v) is 7.40. The molecular formula is C19H20F2N2OS. The van der Waals surface area contributed by atoms with Crippen molar-refractivity contribution in [3.05, 3.63) is 60.2 Å². The van der Waals surface area contributed by atoms with Crippen molar-refractivity contribution in [1.82, 2.24) is 4.90 Å². The highest BCUT2D eigenvalue weighted by molar-refractivity contribution is 8.00. The zero-order valence-electron chi connectivity index (χ0n) is 14.0. The number of thioether (sulfide) groups is 1. The number of para-hydroxylation sites is 1. The number of amides is 1. The number of halogens is 2. The van der Waals surface area contributed by atoms with Gasteiger partial charge in [-0.2, -0.15) is 0 Å². The summed E-state index contributed by atoms with van der Waals surface area (Å²) >= 11 is 1.25. The Bertz CT molecular complexity index is 733. The van der Waals surface area contributed by atoms with E-state index in [1.165, 1.54) is 23.5 Å². The van der Waals surface area contributed by atoms with Crippen molar-refractivity contribution in [3.63, 3.8) is 0 Å². The van der Waals surface area contributed by atoms with Crippen LogP contribution in [-0.2, 0) is 4.79 Å². The molecule has 1 aliphatic rings. The smallest absolute Gasteiger partial charge is 0.235 e. The molecule has 3 nitrogen and oxygen atoms in total. The molecule has 25 heavy (non-hydrogen) atoms. The molecule has 2 aromatic rings. The molecule has 0 aromatic heterocycles. The van der Waals surface area contributed by atoms with Gasteiger partial charge in [0.05, 0.1) is 5.25 Å². The zero-order valence-corrected chi connectivity index (χ0v) is 14.8. The van der Waals surface area contributed by atoms with Crippen molar-refractivity contribution in [1.29, 1.82) is 0 Å². The number of hydrogen-bond donors (Lipinski definition) is 0. The van der Waals surface area contributed by atoms with E-state index in [0.29, 0.717) is 18.0 Å². The number of hydrogen-bond acceptors (Lipinski definition) is 3. The van der Waals surface area contributed by atoms with E-state index < -0.39 is 11.6 Å². The van der Waals surface area contributed by atoms with Crippen molar-refractivity contribution < 1.29 is 13.6 Å². The number of benzene rings is 2. The first kappa shape index (κ1) is 17.7. The van der Waals surface area contributed by atoms with Crippen LogP contribution in [0, 0.1) is 11.6 Å². The van der Waals surface area contributed by atoms with Crippen LogP contribution in [0.5, 0.6) is 0 Å². The first-order valence-electron chi connectivity index (χ1n) is 8.25. The molecule has 3 rings (SSSR count). The van der Waals surface area contributed by atoms with E-state index in [0.717, 1.165) is 25.2 Å². The van der Waals surface area contributed by atoms with Crippen LogP contribution in [0.3, 0.4) is 0 Å². The molecule has 0 radical (unpaired) electrons. The average Bonchev–Trinajstić information content (AvgIpc) is 2.65. The highest BCUT2D eigenvalue weighted by Gasteiger charge is 2.25. The Hall–Kier alpha value is -2.08. The fourth-order valence-corrected chi connectivity index (χ4v) is 3.86. The summed E-state index contributed by atoms with van der Waals surface area (Å²) in [5.74, 6) is -1.73. The average molecular weight is 362 g/mol. The second-order valence-electron chi connectivity index (χ2n) is 5.98. The van der Waals surface area contributed by atoms with E-state index in [1.54, 1.807) is 6.92 Å². The van der Waals surface area contributed by atoms with Gasteiger partial charge in [-0.1, -0.05) is 18.2 Å². The van der Waals surface area contributed by atoms with Gasteiger partial charge < -0.3 is 9.80 Å². The normalized spacial score (nSPS) is 16.0. The van der Waals surface area contributed by atoms with Gasteiger partial charge in [0, 0.05) is 36.8 Å². The topological polar surface area (TPSA) is 23.6 Å². The maximum atomic E-state index is 13.3. The summed E-state index contributed by atoms with van der Waals surface area (Å²) in [5.41, 5.74) is 1.17. The minimum atomic E-state index is -0.888. The molecule has 1 saturated heterocycles. The maximum Gasteiger partial charge on any atom is 0.235 e. The minimum Gasteiger partial charge on any atom is -0.368 e. The Morgan fingerprint density at radius 1 is 1.00 bits per heavy atom. The maximum absolute atomic E-state index is 13.3. The largest absolute Gasteiger partial charge is 0.368 e. The van der Waals surface area contributed by atoms with Gasteiger partial charge in [0.25, 0.3) is 0 Å². The predicted molar refractivity (Wildman–Crippen MR) is 96.9 cm³/mol. The molecule has 1 atom stereocenters. The Labute approximate surface area is 150 Å². The number of carbonyl (C=O) groups excluding carboxylic acids is 1. The van der Waals surface area contributed by atoms with E-state index in [4.69, 9.17) is 0 Å². The summed E-state index contributed by atoms with van der Waals surface area (Å²) in [6, 6.07) is 13.9.